The van der Waals surface area contributed by atoms with Crippen molar-refractivity contribution in [3.63, 3.8) is 0 Å². The highest BCUT2D eigenvalue weighted by atomic mass is 16.2. The maximum Gasteiger partial charge on any atom is 0.243 e. The second kappa shape index (κ2) is 9.51. The van der Waals surface area contributed by atoms with Gasteiger partial charge in [-0.15, -0.1) is 6.58 Å². The van der Waals surface area contributed by atoms with Gasteiger partial charge in [0.25, 0.3) is 0 Å². The van der Waals surface area contributed by atoms with Crippen LogP contribution in [0, 0.1) is 0 Å². The number of nitrogens with one attached hydrogen (secondary N) is 3. The van der Waals surface area contributed by atoms with Crippen LogP contribution >= 0.6 is 0 Å². The van der Waals surface area contributed by atoms with E-state index in [0.717, 1.165) is 5.56 Å². The van der Waals surface area contributed by atoms with Crippen molar-refractivity contribution in [1.29, 1.82) is 0 Å². The lowest BCUT2D eigenvalue weighted by atomic mass is 10.0. The average molecular weight is 372 g/mol. The summed E-state index contributed by atoms with van der Waals surface area (Å²) in [4.78, 5) is 48.1. The fourth-order valence-electron chi connectivity index (χ4n) is 2.82. The number of benzene rings is 1. The molecule has 0 saturated carbocycles. The van der Waals surface area contributed by atoms with Crippen LogP contribution in [-0.4, -0.2) is 41.8 Å². The number of carbonyl (C=O) groups excluding carboxylic acids is 4. The van der Waals surface area contributed by atoms with Gasteiger partial charge in [-0.25, -0.2) is 0 Å². The average Bonchev–Trinajstić information content (AvgIpc) is 2.63. The first kappa shape index (κ1) is 20.2. The lowest BCUT2D eigenvalue weighted by Crippen LogP contribution is -2.63. The highest BCUT2D eigenvalue weighted by Crippen LogP contribution is 2.09. The number of amides is 4. The van der Waals surface area contributed by atoms with Crippen molar-refractivity contribution >= 4 is 23.6 Å². The summed E-state index contributed by atoms with van der Waals surface area (Å²) >= 11 is 0. The van der Waals surface area contributed by atoms with Crippen LogP contribution in [0.15, 0.2) is 43.0 Å². The summed E-state index contributed by atoms with van der Waals surface area (Å²) < 4.78 is 0. The zero-order valence-corrected chi connectivity index (χ0v) is 14.9. The van der Waals surface area contributed by atoms with Crippen LogP contribution in [0.4, 0.5) is 0 Å². The maximum atomic E-state index is 12.3. The Morgan fingerprint density at radius 1 is 1.15 bits per heavy atom. The summed E-state index contributed by atoms with van der Waals surface area (Å²) in [7, 11) is 0. The van der Waals surface area contributed by atoms with Crippen molar-refractivity contribution in [2.75, 3.05) is 0 Å². The van der Waals surface area contributed by atoms with Crippen molar-refractivity contribution in [3.8, 4) is 0 Å². The third-order valence-electron chi connectivity index (χ3n) is 4.28. The normalized spacial score (nSPS) is 20.1. The van der Waals surface area contributed by atoms with Crippen molar-refractivity contribution in [2.24, 2.45) is 5.73 Å². The minimum atomic E-state index is -0.988. The molecule has 1 saturated heterocycles. The molecule has 3 atom stereocenters. The number of hydrogen-bond donors (Lipinski definition) is 4. The first-order valence-electron chi connectivity index (χ1n) is 8.75. The van der Waals surface area contributed by atoms with Crippen molar-refractivity contribution in [1.82, 2.24) is 16.0 Å². The van der Waals surface area contributed by atoms with Crippen LogP contribution in [-0.2, 0) is 25.6 Å². The standard InChI is InChI=1S/C19H24N4O4/c1-2-3-9-13(17(20)25)21-16(24)11-15-19(27)22-14(18(26)23-15)10-12-7-5-4-6-8-12/h2,4-8,13-15H,1,3,9-11H2,(H2,20,25)(H,21,24)(H,22,27)(H,23,26)/t13-,14+,15+/m1/s1. The Bertz CT molecular complexity index is 720. The number of rotatable bonds is 9. The minimum absolute atomic E-state index is 0.270. The van der Waals surface area contributed by atoms with Crippen LogP contribution in [0.1, 0.15) is 24.8 Å². The monoisotopic (exact) mass is 372 g/mol. The highest BCUT2D eigenvalue weighted by Gasteiger charge is 2.35. The van der Waals surface area contributed by atoms with E-state index in [1.807, 2.05) is 30.3 Å². The minimum Gasteiger partial charge on any atom is -0.368 e. The SMILES string of the molecule is C=CCC[C@@H](NC(=O)C[C@@H]1NC(=O)[C@H](Cc2ccccc2)NC1=O)C(N)=O. The molecule has 4 amide bonds. The Labute approximate surface area is 157 Å². The number of primary amides is 1. The first-order valence-corrected chi connectivity index (χ1v) is 8.75. The Hall–Kier alpha value is -3.16. The molecule has 1 fully saturated rings. The quantitative estimate of drug-likeness (QED) is 0.437. The molecule has 0 bridgehead atoms. The van der Waals surface area contributed by atoms with E-state index in [4.69, 9.17) is 5.73 Å². The number of carbonyl (C=O) groups is 4. The van der Waals surface area contributed by atoms with Gasteiger partial charge in [0.1, 0.15) is 18.1 Å². The summed E-state index contributed by atoms with van der Waals surface area (Å²) in [5.41, 5.74) is 6.18. The molecule has 1 heterocycles. The topological polar surface area (TPSA) is 130 Å². The smallest absolute Gasteiger partial charge is 0.243 e. The van der Waals surface area contributed by atoms with E-state index in [9.17, 15) is 19.2 Å². The van der Waals surface area contributed by atoms with Crippen molar-refractivity contribution in [3.05, 3.63) is 48.6 Å². The van der Waals surface area contributed by atoms with E-state index in [1.54, 1.807) is 6.08 Å². The van der Waals surface area contributed by atoms with Crippen LogP contribution in [0.25, 0.3) is 0 Å². The summed E-state index contributed by atoms with van der Waals surface area (Å²) in [6, 6.07) is 6.79. The van der Waals surface area contributed by atoms with Gasteiger partial charge >= 0.3 is 0 Å². The van der Waals surface area contributed by atoms with Crippen LogP contribution in [0.2, 0.25) is 0 Å². The second-order valence-electron chi connectivity index (χ2n) is 6.40. The number of nitrogens with two attached hydrogens (primary N) is 1. The van der Waals surface area contributed by atoms with Crippen LogP contribution in [0.3, 0.4) is 0 Å². The van der Waals surface area contributed by atoms with E-state index in [0.29, 0.717) is 19.3 Å². The predicted molar refractivity (Wildman–Crippen MR) is 99.2 cm³/mol. The van der Waals surface area contributed by atoms with Gasteiger partial charge < -0.3 is 21.7 Å². The number of hydrogen-bond acceptors (Lipinski definition) is 4. The molecule has 2 rings (SSSR count). The largest absolute Gasteiger partial charge is 0.368 e. The van der Waals surface area contributed by atoms with E-state index in [2.05, 4.69) is 22.5 Å². The molecule has 0 spiro atoms. The molecule has 1 aromatic rings. The van der Waals surface area contributed by atoms with Gasteiger partial charge in [0.05, 0.1) is 6.42 Å². The third kappa shape index (κ3) is 5.95. The Balaban J connectivity index is 1.90. The molecule has 0 unspecified atom stereocenters. The lowest BCUT2D eigenvalue weighted by molar-refractivity contribution is -0.138. The van der Waals surface area contributed by atoms with Gasteiger partial charge in [0.15, 0.2) is 0 Å². The Morgan fingerprint density at radius 2 is 1.78 bits per heavy atom. The third-order valence-corrected chi connectivity index (χ3v) is 4.28. The fraction of sp³-hybridized carbons (Fsp3) is 0.368. The van der Waals surface area contributed by atoms with Crippen LogP contribution < -0.4 is 21.7 Å². The molecular formula is C19H24N4O4. The van der Waals surface area contributed by atoms with E-state index in [-0.39, 0.29) is 12.3 Å². The molecule has 1 aromatic carbocycles. The van der Waals surface area contributed by atoms with Gasteiger partial charge in [-0.3, -0.25) is 19.2 Å². The molecule has 5 N–H and O–H groups in total. The van der Waals surface area contributed by atoms with E-state index in [1.165, 1.54) is 0 Å². The van der Waals surface area contributed by atoms with Crippen molar-refractivity contribution in [2.45, 2.75) is 43.8 Å². The van der Waals surface area contributed by atoms with Crippen LogP contribution in [0.5, 0.6) is 0 Å². The molecular weight excluding hydrogens is 348 g/mol. The second-order valence-corrected chi connectivity index (χ2v) is 6.40. The van der Waals surface area contributed by atoms with Gasteiger partial charge in [-0.05, 0) is 18.4 Å². The summed E-state index contributed by atoms with van der Waals surface area (Å²) in [6.45, 7) is 3.55. The van der Waals surface area contributed by atoms with Gasteiger partial charge in [0, 0.05) is 6.42 Å². The van der Waals surface area contributed by atoms with Gasteiger partial charge in [-0.1, -0.05) is 36.4 Å². The summed E-state index contributed by atoms with van der Waals surface area (Å²) in [5, 5.41) is 7.71. The van der Waals surface area contributed by atoms with E-state index < -0.39 is 35.8 Å². The summed E-state index contributed by atoms with van der Waals surface area (Å²) in [5.74, 6) is -1.99. The molecule has 144 valence electrons. The molecule has 27 heavy (non-hydrogen) atoms. The van der Waals surface area contributed by atoms with Gasteiger partial charge in [0.2, 0.25) is 23.6 Å². The highest BCUT2D eigenvalue weighted by molar-refractivity contribution is 5.99. The zero-order chi connectivity index (χ0) is 19.8. The zero-order valence-electron chi connectivity index (χ0n) is 14.9. The fourth-order valence-corrected chi connectivity index (χ4v) is 2.82. The Kier molecular flexibility index (Phi) is 7.10. The molecule has 8 heteroatoms. The van der Waals surface area contributed by atoms with Crippen molar-refractivity contribution < 1.29 is 19.2 Å². The molecule has 0 aromatic heterocycles. The molecule has 1 aliphatic heterocycles. The Morgan fingerprint density at radius 3 is 2.41 bits per heavy atom. The molecule has 0 aliphatic carbocycles. The molecule has 1 aliphatic rings. The predicted octanol–water partition coefficient (Wildman–Crippen LogP) is -0.461. The van der Waals surface area contributed by atoms with E-state index >= 15 is 0 Å². The number of allylic oxidation sites excluding steroid dienone is 1. The molecule has 0 radical (unpaired) electrons. The van der Waals surface area contributed by atoms with Gasteiger partial charge in [-0.2, -0.15) is 0 Å². The molecule has 8 nitrogen and oxygen atoms in total. The lowest BCUT2D eigenvalue weighted by Gasteiger charge is -2.29. The summed E-state index contributed by atoms with van der Waals surface area (Å²) in [6.07, 6.45) is 2.54. The maximum absolute atomic E-state index is 12.3. The first-order chi connectivity index (χ1) is 12.9. The number of piperazine rings is 1.